The molecule has 0 atom stereocenters. The fourth-order valence-corrected chi connectivity index (χ4v) is 2.80. The van der Waals surface area contributed by atoms with Gasteiger partial charge in [-0.1, -0.05) is 0 Å². The maximum atomic E-state index is 12.5. The minimum absolute atomic E-state index is 0.148. The van der Waals surface area contributed by atoms with Crippen molar-refractivity contribution in [3.8, 4) is 0 Å². The Balaban J connectivity index is 2.23. The van der Waals surface area contributed by atoms with E-state index >= 15 is 0 Å². The monoisotopic (exact) mass is 344 g/mol. The van der Waals surface area contributed by atoms with Crippen molar-refractivity contribution in [1.29, 1.82) is 0 Å². The smallest absolute Gasteiger partial charge is 0.366 e. The number of nitrogens with one attached hydrogen (secondary N) is 1. The van der Waals surface area contributed by atoms with Crippen LogP contribution in [0.3, 0.4) is 0 Å². The molecular weight excluding hydrogens is 333 g/mol. The normalized spacial score (nSPS) is 12.0. The summed E-state index contributed by atoms with van der Waals surface area (Å²) in [4.78, 5) is 10.6. The molecule has 0 fully saturated rings. The lowest BCUT2D eigenvalue weighted by Crippen LogP contribution is -2.14. The third kappa shape index (κ3) is 4.01. The van der Waals surface area contributed by atoms with Crippen LogP contribution >= 0.6 is 0 Å². The van der Waals surface area contributed by atoms with Gasteiger partial charge in [-0.15, -0.1) is 0 Å². The summed E-state index contributed by atoms with van der Waals surface area (Å²) < 4.78 is 63.8. The van der Waals surface area contributed by atoms with E-state index in [2.05, 4.69) is 4.72 Å². The lowest BCUT2D eigenvalue weighted by Gasteiger charge is -2.10. The van der Waals surface area contributed by atoms with E-state index in [4.69, 9.17) is 5.73 Å². The van der Waals surface area contributed by atoms with Gasteiger partial charge in [0.15, 0.2) is 0 Å². The van der Waals surface area contributed by atoms with Crippen LogP contribution in [0.15, 0.2) is 53.4 Å². The third-order valence-electron chi connectivity index (χ3n) is 2.91. The number of hydrogen-bond acceptors (Lipinski definition) is 3. The Labute approximate surface area is 130 Å². The van der Waals surface area contributed by atoms with Gasteiger partial charge in [0.25, 0.3) is 10.0 Å². The van der Waals surface area contributed by atoms with Gasteiger partial charge in [-0.05, 0) is 48.5 Å². The SMILES string of the molecule is NC(=O)c1ccc(NS(=O)(=O)c2ccc(C(F)(F)F)cc2)cc1. The van der Waals surface area contributed by atoms with Crippen LogP contribution in [-0.4, -0.2) is 14.3 Å². The highest BCUT2D eigenvalue weighted by Crippen LogP contribution is 2.30. The molecule has 9 heteroatoms. The number of hydrogen-bond donors (Lipinski definition) is 2. The molecule has 1 amide bonds. The highest BCUT2D eigenvalue weighted by molar-refractivity contribution is 7.92. The highest BCUT2D eigenvalue weighted by atomic mass is 32.2. The van der Waals surface area contributed by atoms with Gasteiger partial charge in [-0.3, -0.25) is 9.52 Å². The number of nitrogens with two attached hydrogens (primary N) is 1. The Morgan fingerprint density at radius 2 is 1.48 bits per heavy atom. The molecule has 0 aliphatic heterocycles. The molecule has 0 radical (unpaired) electrons. The summed E-state index contributed by atoms with van der Waals surface area (Å²) in [5, 5.41) is 0. The van der Waals surface area contributed by atoms with Crippen molar-refractivity contribution < 1.29 is 26.4 Å². The van der Waals surface area contributed by atoms with E-state index in [0.717, 1.165) is 12.1 Å². The zero-order chi connectivity index (χ0) is 17.3. The maximum Gasteiger partial charge on any atom is 0.416 e. The number of halogens is 3. The minimum Gasteiger partial charge on any atom is -0.366 e. The van der Waals surface area contributed by atoms with E-state index in [1.165, 1.54) is 24.3 Å². The second kappa shape index (κ2) is 5.92. The number of carbonyl (C=O) groups excluding carboxylic acids is 1. The summed E-state index contributed by atoms with van der Waals surface area (Å²) in [6.45, 7) is 0. The van der Waals surface area contributed by atoms with Gasteiger partial charge in [0, 0.05) is 11.3 Å². The fourth-order valence-electron chi connectivity index (χ4n) is 1.74. The largest absolute Gasteiger partial charge is 0.416 e. The minimum atomic E-state index is -4.54. The summed E-state index contributed by atoms with van der Waals surface area (Å²) in [7, 11) is -4.04. The average Bonchev–Trinajstić information content (AvgIpc) is 2.46. The molecule has 0 unspecified atom stereocenters. The second-order valence-electron chi connectivity index (χ2n) is 4.57. The van der Waals surface area contributed by atoms with Gasteiger partial charge in [0.1, 0.15) is 0 Å². The zero-order valence-corrected chi connectivity index (χ0v) is 12.3. The number of sulfonamides is 1. The van der Waals surface area contributed by atoms with E-state index in [0.29, 0.717) is 12.1 Å². The van der Waals surface area contributed by atoms with Gasteiger partial charge in [-0.25, -0.2) is 8.42 Å². The van der Waals surface area contributed by atoms with Crippen LogP contribution in [0, 0.1) is 0 Å². The molecule has 0 saturated heterocycles. The molecule has 5 nitrogen and oxygen atoms in total. The lowest BCUT2D eigenvalue weighted by molar-refractivity contribution is -0.137. The van der Waals surface area contributed by atoms with E-state index in [1.54, 1.807) is 0 Å². The Morgan fingerprint density at radius 1 is 0.957 bits per heavy atom. The first-order valence-electron chi connectivity index (χ1n) is 6.19. The fraction of sp³-hybridized carbons (Fsp3) is 0.0714. The molecule has 0 aliphatic carbocycles. The number of alkyl halides is 3. The van der Waals surface area contributed by atoms with Crippen molar-refractivity contribution in [2.24, 2.45) is 5.73 Å². The molecule has 2 rings (SSSR count). The topological polar surface area (TPSA) is 89.3 Å². The Hall–Kier alpha value is -2.55. The molecule has 0 bridgehead atoms. The van der Waals surface area contributed by atoms with Crippen molar-refractivity contribution in [2.75, 3.05) is 4.72 Å². The molecule has 3 N–H and O–H groups in total. The summed E-state index contributed by atoms with van der Waals surface area (Å²) in [5.74, 6) is -0.665. The quantitative estimate of drug-likeness (QED) is 0.893. The maximum absolute atomic E-state index is 12.5. The first kappa shape index (κ1) is 16.8. The van der Waals surface area contributed by atoms with Crippen LogP contribution in [0.25, 0.3) is 0 Å². The standard InChI is InChI=1S/C14H11F3N2O3S/c15-14(16,17)10-3-7-12(8-4-10)23(21,22)19-11-5-1-9(2-6-11)13(18)20/h1-8,19H,(H2,18,20). The molecule has 0 heterocycles. The molecule has 122 valence electrons. The van der Waals surface area contributed by atoms with E-state index in [1.807, 2.05) is 0 Å². The Kier molecular flexibility index (Phi) is 4.33. The van der Waals surface area contributed by atoms with Crippen molar-refractivity contribution in [2.45, 2.75) is 11.1 Å². The zero-order valence-electron chi connectivity index (χ0n) is 11.5. The van der Waals surface area contributed by atoms with Gasteiger partial charge in [0.05, 0.1) is 10.5 Å². The molecular formula is C14H11F3N2O3S. The average molecular weight is 344 g/mol. The van der Waals surface area contributed by atoms with Crippen LogP contribution in [0.4, 0.5) is 18.9 Å². The molecule has 0 aliphatic rings. The Bertz CT molecular complexity index is 814. The number of primary amides is 1. The van der Waals surface area contributed by atoms with Crippen molar-refractivity contribution in [3.05, 3.63) is 59.7 Å². The molecule has 2 aromatic rings. The Morgan fingerprint density at radius 3 is 1.91 bits per heavy atom. The van der Waals surface area contributed by atoms with E-state index in [9.17, 15) is 26.4 Å². The van der Waals surface area contributed by atoms with Gasteiger partial charge >= 0.3 is 6.18 Å². The van der Waals surface area contributed by atoms with Crippen LogP contribution < -0.4 is 10.5 Å². The van der Waals surface area contributed by atoms with Crippen molar-refractivity contribution in [3.63, 3.8) is 0 Å². The second-order valence-corrected chi connectivity index (χ2v) is 6.25. The first-order chi connectivity index (χ1) is 10.6. The third-order valence-corrected chi connectivity index (χ3v) is 4.31. The highest BCUT2D eigenvalue weighted by Gasteiger charge is 2.30. The van der Waals surface area contributed by atoms with Crippen molar-refractivity contribution >= 4 is 21.6 Å². The van der Waals surface area contributed by atoms with Crippen molar-refractivity contribution in [1.82, 2.24) is 0 Å². The van der Waals surface area contributed by atoms with Gasteiger partial charge in [0.2, 0.25) is 5.91 Å². The molecule has 0 spiro atoms. The number of rotatable bonds is 4. The summed E-state index contributed by atoms with van der Waals surface area (Å²) in [5.41, 5.74) is 4.46. The summed E-state index contributed by atoms with van der Waals surface area (Å²) in [6.07, 6.45) is -4.54. The van der Waals surface area contributed by atoms with Gasteiger partial charge in [-0.2, -0.15) is 13.2 Å². The molecule has 2 aromatic carbocycles. The van der Waals surface area contributed by atoms with Crippen LogP contribution in [0.1, 0.15) is 15.9 Å². The number of carbonyl (C=O) groups is 1. The summed E-state index contributed by atoms with van der Waals surface area (Å²) in [6, 6.07) is 8.39. The summed E-state index contributed by atoms with van der Waals surface area (Å²) >= 11 is 0. The first-order valence-corrected chi connectivity index (χ1v) is 7.68. The van der Waals surface area contributed by atoms with E-state index in [-0.39, 0.29) is 16.1 Å². The number of anilines is 1. The van der Waals surface area contributed by atoms with Crippen LogP contribution in [0.2, 0.25) is 0 Å². The van der Waals surface area contributed by atoms with E-state index < -0.39 is 27.7 Å². The number of amides is 1. The number of benzene rings is 2. The lowest BCUT2D eigenvalue weighted by atomic mass is 10.2. The predicted octanol–water partition coefficient (Wildman–Crippen LogP) is 2.61. The molecule has 23 heavy (non-hydrogen) atoms. The predicted molar refractivity (Wildman–Crippen MR) is 77.2 cm³/mol. The van der Waals surface area contributed by atoms with Crippen LogP contribution in [0.5, 0.6) is 0 Å². The molecule has 0 aromatic heterocycles. The van der Waals surface area contributed by atoms with Gasteiger partial charge < -0.3 is 5.73 Å². The van der Waals surface area contributed by atoms with Crippen LogP contribution in [-0.2, 0) is 16.2 Å². The molecule has 0 saturated carbocycles.